The topological polar surface area (TPSA) is 80.0 Å². The van der Waals surface area contributed by atoms with Gasteiger partial charge in [-0.25, -0.2) is 18.7 Å². The molecule has 0 N–H and O–H groups in total. The molecule has 1 amide bonds. The lowest BCUT2D eigenvalue weighted by molar-refractivity contribution is 0.0777. The number of halogens is 2. The van der Waals surface area contributed by atoms with Gasteiger partial charge >= 0.3 is 0 Å². The van der Waals surface area contributed by atoms with Crippen molar-refractivity contribution in [3.8, 4) is 16.8 Å². The number of rotatable bonds is 4. The van der Waals surface area contributed by atoms with E-state index in [1.165, 1.54) is 35.4 Å². The molecule has 35 heavy (non-hydrogen) atoms. The van der Waals surface area contributed by atoms with Gasteiger partial charge < -0.3 is 9.80 Å². The highest BCUT2D eigenvalue weighted by molar-refractivity contribution is 5.98. The van der Waals surface area contributed by atoms with E-state index in [0.717, 1.165) is 24.2 Å². The molecule has 2 unspecified atom stereocenters. The first-order valence-corrected chi connectivity index (χ1v) is 11.3. The molecule has 4 heterocycles. The minimum absolute atomic E-state index is 0.0137. The van der Waals surface area contributed by atoms with E-state index in [-0.39, 0.29) is 29.1 Å². The summed E-state index contributed by atoms with van der Waals surface area (Å²) in [6.45, 7) is 2.51. The van der Waals surface area contributed by atoms with Gasteiger partial charge in [-0.15, -0.1) is 0 Å². The molecule has 6 rings (SSSR count). The van der Waals surface area contributed by atoms with Crippen LogP contribution < -0.4 is 4.90 Å². The zero-order valence-electron chi connectivity index (χ0n) is 18.6. The monoisotopic (exact) mass is 473 g/mol. The van der Waals surface area contributed by atoms with Crippen LogP contribution in [0.15, 0.2) is 67.3 Å². The molecule has 8 nitrogen and oxygen atoms in total. The Morgan fingerprint density at radius 3 is 2.14 bits per heavy atom. The SMILES string of the molecule is O=C(c1c(F)cccc1-n1nccn1)N1CC2CN(c3ncc(-c4ccc(F)cc4)cn3)CC2C1. The van der Waals surface area contributed by atoms with E-state index in [4.69, 9.17) is 0 Å². The zero-order valence-corrected chi connectivity index (χ0v) is 18.6. The second-order valence-electron chi connectivity index (χ2n) is 8.87. The van der Waals surface area contributed by atoms with Crippen molar-refractivity contribution in [2.45, 2.75) is 0 Å². The quantitative estimate of drug-likeness (QED) is 0.453. The highest BCUT2D eigenvalue weighted by Crippen LogP contribution is 2.34. The third-order valence-corrected chi connectivity index (χ3v) is 6.71. The summed E-state index contributed by atoms with van der Waals surface area (Å²) in [7, 11) is 0. The van der Waals surface area contributed by atoms with Gasteiger partial charge in [0, 0.05) is 56.0 Å². The smallest absolute Gasteiger partial charge is 0.259 e. The Kier molecular flexibility index (Phi) is 5.20. The standard InChI is InChI=1S/C25H21F2N7O/c26-20-6-4-16(5-7-20)17-10-28-25(29-11-17)33-14-18-12-32(13-19(18)15-33)24(35)23-21(27)2-1-3-22(23)34-30-8-9-31-34/h1-11,18-19H,12-15H2. The van der Waals surface area contributed by atoms with Crippen LogP contribution in [0.2, 0.25) is 0 Å². The summed E-state index contributed by atoms with van der Waals surface area (Å²) in [4.78, 5) is 27.4. The van der Waals surface area contributed by atoms with E-state index in [1.807, 2.05) is 0 Å². The molecular weight excluding hydrogens is 452 g/mol. The first-order chi connectivity index (χ1) is 17.1. The van der Waals surface area contributed by atoms with Gasteiger partial charge in [0.25, 0.3) is 5.91 Å². The van der Waals surface area contributed by atoms with Gasteiger partial charge in [0.2, 0.25) is 5.95 Å². The Bertz CT molecular complexity index is 1350. The fraction of sp³-hybridized carbons (Fsp3) is 0.240. The number of hydrogen-bond acceptors (Lipinski definition) is 6. The third kappa shape index (κ3) is 3.90. The van der Waals surface area contributed by atoms with Crippen LogP contribution in [0.25, 0.3) is 16.8 Å². The molecule has 0 aliphatic carbocycles. The number of carbonyl (C=O) groups is 1. The van der Waals surface area contributed by atoms with Gasteiger partial charge in [0.05, 0.1) is 12.4 Å². The van der Waals surface area contributed by atoms with Crippen LogP contribution in [0.3, 0.4) is 0 Å². The number of carbonyl (C=O) groups excluding carboxylic acids is 1. The number of anilines is 1. The number of hydrogen-bond donors (Lipinski definition) is 0. The average Bonchev–Trinajstić information content (AvgIpc) is 3.61. The Balaban J connectivity index is 1.15. The summed E-state index contributed by atoms with van der Waals surface area (Å²) in [5.74, 6) is -0.0971. The zero-order chi connectivity index (χ0) is 23.9. The van der Waals surface area contributed by atoms with Gasteiger partial charge in [0.1, 0.15) is 22.9 Å². The lowest BCUT2D eigenvalue weighted by atomic mass is 10.0. The Morgan fingerprint density at radius 2 is 1.49 bits per heavy atom. The third-order valence-electron chi connectivity index (χ3n) is 6.71. The Morgan fingerprint density at radius 1 is 0.829 bits per heavy atom. The molecule has 2 saturated heterocycles. The van der Waals surface area contributed by atoms with Crippen molar-refractivity contribution in [1.82, 2.24) is 29.9 Å². The van der Waals surface area contributed by atoms with Gasteiger partial charge in [-0.05, 0) is 29.8 Å². The Hall–Kier alpha value is -4.21. The maximum absolute atomic E-state index is 14.7. The predicted molar refractivity (Wildman–Crippen MR) is 124 cm³/mol. The molecule has 2 aromatic carbocycles. The van der Waals surface area contributed by atoms with Crippen LogP contribution in [0, 0.1) is 23.5 Å². The normalized spacial score (nSPS) is 19.3. The summed E-state index contributed by atoms with van der Waals surface area (Å²) in [5, 5.41) is 8.12. The molecule has 0 spiro atoms. The molecule has 176 valence electrons. The van der Waals surface area contributed by atoms with E-state index < -0.39 is 5.82 Å². The molecule has 2 aliphatic heterocycles. The van der Waals surface area contributed by atoms with E-state index in [9.17, 15) is 13.6 Å². The lowest BCUT2D eigenvalue weighted by Gasteiger charge is -2.22. The molecule has 0 bridgehead atoms. The molecule has 2 aromatic heterocycles. The fourth-order valence-electron chi connectivity index (χ4n) is 4.99. The van der Waals surface area contributed by atoms with Gasteiger partial charge in [-0.2, -0.15) is 15.0 Å². The molecule has 2 fully saturated rings. The van der Waals surface area contributed by atoms with Crippen molar-refractivity contribution < 1.29 is 13.6 Å². The lowest BCUT2D eigenvalue weighted by Crippen LogP contribution is -2.34. The maximum atomic E-state index is 14.7. The molecule has 0 radical (unpaired) electrons. The molecule has 4 aromatic rings. The molecule has 2 atom stereocenters. The highest BCUT2D eigenvalue weighted by atomic mass is 19.1. The number of nitrogens with zero attached hydrogens (tertiary/aromatic N) is 7. The summed E-state index contributed by atoms with van der Waals surface area (Å²) in [6.07, 6.45) is 6.45. The summed E-state index contributed by atoms with van der Waals surface area (Å²) in [5.41, 5.74) is 1.98. The number of aromatic nitrogens is 5. The van der Waals surface area contributed by atoms with Crippen LogP contribution >= 0.6 is 0 Å². The van der Waals surface area contributed by atoms with Crippen LogP contribution in [-0.2, 0) is 0 Å². The Labute approximate surface area is 199 Å². The first-order valence-electron chi connectivity index (χ1n) is 11.3. The van der Waals surface area contributed by atoms with Crippen molar-refractivity contribution in [3.05, 3.63) is 84.4 Å². The second-order valence-corrected chi connectivity index (χ2v) is 8.87. The van der Waals surface area contributed by atoms with E-state index in [0.29, 0.717) is 24.7 Å². The van der Waals surface area contributed by atoms with Crippen molar-refractivity contribution in [3.63, 3.8) is 0 Å². The van der Waals surface area contributed by atoms with Crippen LogP contribution in [0.1, 0.15) is 10.4 Å². The molecule has 0 saturated carbocycles. The number of fused-ring (bicyclic) bond motifs is 1. The van der Waals surface area contributed by atoms with Crippen molar-refractivity contribution >= 4 is 11.9 Å². The minimum Gasteiger partial charge on any atom is -0.340 e. The van der Waals surface area contributed by atoms with Crippen LogP contribution in [0.4, 0.5) is 14.7 Å². The number of likely N-dealkylation sites (tertiary alicyclic amines) is 1. The summed E-state index contributed by atoms with van der Waals surface area (Å²) in [6, 6.07) is 10.7. The second kappa shape index (κ2) is 8.53. The maximum Gasteiger partial charge on any atom is 0.259 e. The number of amides is 1. The fourth-order valence-corrected chi connectivity index (χ4v) is 4.99. The number of benzene rings is 2. The first kappa shape index (κ1) is 21.3. The summed E-state index contributed by atoms with van der Waals surface area (Å²) < 4.78 is 27.9. The van der Waals surface area contributed by atoms with E-state index in [2.05, 4.69) is 25.1 Å². The predicted octanol–water partition coefficient (Wildman–Crippen LogP) is 3.21. The van der Waals surface area contributed by atoms with Crippen LogP contribution in [-0.4, -0.2) is 61.9 Å². The molecular formula is C25H21F2N7O. The van der Waals surface area contributed by atoms with Gasteiger partial charge in [0.15, 0.2) is 0 Å². The van der Waals surface area contributed by atoms with Crippen molar-refractivity contribution in [2.24, 2.45) is 11.8 Å². The van der Waals surface area contributed by atoms with E-state index in [1.54, 1.807) is 41.6 Å². The summed E-state index contributed by atoms with van der Waals surface area (Å²) >= 11 is 0. The van der Waals surface area contributed by atoms with Gasteiger partial charge in [-0.1, -0.05) is 18.2 Å². The minimum atomic E-state index is -0.585. The van der Waals surface area contributed by atoms with E-state index >= 15 is 0 Å². The van der Waals surface area contributed by atoms with Crippen molar-refractivity contribution in [2.75, 3.05) is 31.1 Å². The average molecular weight is 473 g/mol. The van der Waals surface area contributed by atoms with Crippen LogP contribution in [0.5, 0.6) is 0 Å². The largest absolute Gasteiger partial charge is 0.340 e. The van der Waals surface area contributed by atoms with Gasteiger partial charge in [-0.3, -0.25) is 4.79 Å². The highest BCUT2D eigenvalue weighted by Gasteiger charge is 2.43. The molecule has 10 heteroatoms. The van der Waals surface area contributed by atoms with Crippen molar-refractivity contribution in [1.29, 1.82) is 0 Å². The molecule has 2 aliphatic rings.